The van der Waals surface area contributed by atoms with E-state index in [4.69, 9.17) is 15.9 Å². The maximum atomic E-state index is 9.36. The maximum Gasteiger partial charge on any atom is 0.143 e. The number of hydrogen-bond acceptors (Lipinski definition) is 6. The second kappa shape index (κ2) is 4.54. The number of aryl methyl sites for hydroxylation is 1. The Morgan fingerprint density at radius 3 is 2.85 bits per heavy atom. The summed E-state index contributed by atoms with van der Waals surface area (Å²) >= 11 is 1.40. The predicted molar refractivity (Wildman–Crippen MR) is 80.2 cm³/mol. The van der Waals surface area contributed by atoms with Gasteiger partial charge in [-0.15, -0.1) is 11.3 Å². The van der Waals surface area contributed by atoms with E-state index < -0.39 is 0 Å². The first-order valence-electron chi connectivity index (χ1n) is 6.11. The number of pyridine rings is 1. The van der Waals surface area contributed by atoms with Gasteiger partial charge in [0, 0.05) is 17.2 Å². The minimum Gasteiger partial charge on any atom is -0.461 e. The number of furan rings is 1. The number of nitrogens with two attached hydrogens (primary N) is 2. The molecule has 3 heterocycles. The van der Waals surface area contributed by atoms with E-state index in [1.54, 1.807) is 5.38 Å². The van der Waals surface area contributed by atoms with Crippen LogP contribution < -0.4 is 11.5 Å². The Labute approximate surface area is 119 Å². The van der Waals surface area contributed by atoms with E-state index in [1.165, 1.54) is 11.3 Å². The number of thiophene rings is 1. The van der Waals surface area contributed by atoms with Crippen LogP contribution in [-0.4, -0.2) is 4.98 Å². The molecule has 0 saturated carbocycles. The van der Waals surface area contributed by atoms with Crippen molar-refractivity contribution >= 4 is 33.1 Å². The fourth-order valence-corrected chi connectivity index (χ4v) is 3.02. The van der Waals surface area contributed by atoms with E-state index >= 15 is 0 Å². The van der Waals surface area contributed by atoms with Crippen LogP contribution in [-0.2, 0) is 6.42 Å². The smallest absolute Gasteiger partial charge is 0.143 e. The molecule has 4 N–H and O–H groups in total. The highest BCUT2D eigenvalue weighted by molar-refractivity contribution is 7.17. The topological polar surface area (TPSA) is 102 Å². The van der Waals surface area contributed by atoms with Crippen molar-refractivity contribution in [2.75, 3.05) is 11.5 Å². The minimum absolute atomic E-state index is 0.200. The molecule has 100 valence electrons. The Morgan fingerprint density at radius 2 is 2.20 bits per heavy atom. The summed E-state index contributed by atoms with van der Waals surface area (Å²) < 4.78 is 5.76. The summed E-state index contributed by atoms with van der Waals surface area (Å²) in [6.45, 7) is 2.00. The summed E-state index contributed by atoms with van der Waals surface area (Å²) in [4.78, 5) is 4.94. The number of aromatic nitrogens is 1. The van der Waals surface area contributed by atoms with E-state index in [1.807, 2.05) is 19.1 Å². The van der Waals surface area contributed by atoms with Gasteiger partial charge in [-0.3, -0.25) is 0 Å². The molecule has 0 radical (unpaired) electrons. The molecule has 6 heteroatoms. The highest BCUT2D eigenvalue weighted by atomic mass is 32.1. The van der Waals surface area contributed by atoms with Crippen molar-refractivity contribution in [2.24, 2.45) is 0 Å². The van der Waals surface area contributed by atoms with Crippen molar-refractivity contribution in [3.8, 4) is 17.4 Å². The fraction of sp³-hybridized carbons (Fsp3) is 0.143. The average molecular weight is 284 g/mol. The van der Waals surface area contributed by atoms with Gasteiger partial charge in [0.1, 0.15) is 33.8 Å². The van der Waals surface area contributed by atoms with E-state index in [9.17, 15) is 5.26 Å². The third-order valence-corrected chi connectivity index (χ3v) is 4.04. The Hall–Kier alpha value is -2.52. The normalized spacial score (nSPS) is 10.8. The molecule has 0 bridgehead atoms. The Bertz CT molecular complexity index is 841. The molecule has 0 aliphatic carbocycles. The van der Waals surface area contributed by atoms with Crippen LogP contribution in [0, 0.1) is 11.3 Å². The molecule has 0 saturated heterocycles. The van der Waals surface area contributed by atoms with E-state index in [2.05, 4.69) is 11.1 Å². The van der Waals surface area contributed by atoms with Crippen LogP contribution in [0.1, 0.15) is 18.2 Å². The fourth-order valence-electron chi connectivity index (χ4n) is 2.17. The zero-order chi connectivity index (χ0) is 14.3. The number of fused-ring (bicyclic) bond motifs is 1. The summed E-state index contributed by atoms with van der Waals surface area (Å²) in [7, 11) is 0. The quantitative estimate of drug-likeness (QED) is 0.752. The highest BCUT2D eigenvalue weighted by Gasteiger charge is 2.20. The van der Waals surface area contributed by atoms with Gasteiger partial charge >= 0.3 is 0 Å². The van der Waals surface area contributed by atoms with Gasteiger partial charge in [0.25, 0.3) is 0 Å². The van der Waals surface area contributed by atoms with Gasteiger partial charge in [0.15, 0.2) is 0 Å². The molecular weight excluding hydrogens is 272 g/mol. The first kappa shape index (κ1) is 12.5. The van der Waals surface area contributed by atoms with Crippen LogP contribution in [0.3, 0.4) is 0 Å². The van der Waals surface area contributed by atoms with Crippen molar-refractivity contribution in [1.82, 2.24) is 4.98 Å². The molecule has 0 spiro atoms. The summed E-state index contributed by atoms with van der Waals surface area (Å²) in [6, 6.07) is 5.83. The molecule has 0 unspecified atom stereocenters. The number of nitriles is 1. The van der Waals surface area contributed by atoms with E-state index in [0.29, 0.717) is 27.4 Å². The monoisotopic (exact) mass is 284 g/mol. The van der Waals surface area contributed by atoms with Crippen molar-refractivity contribution in [2.45, 2.75) is 13.3 Å². The van der Waals surface area contributed by atoms with Gasteiger partial charge in [-0.1, -0.05) is 6.92 Å². The number of nitrogen functional groups attached to an aromatic ring is 2. The van der Waals surface area contributed by atoms with Gasteiger partial charge in [-0.25, -0.2) is 4.98 Å². The van der Waals surface area contributed by atoms with Crippen LogP contribution in [0.25, 0.3) is 21.5 Å². The number of rotatable bonds is 2. The molecule has 0 aliphatic rings. The zero-order valence-corrected chi connectivity index (χ0v) is 11.6. The zero-order valence-electron chi connectivity index (χ0n) is 10.8. The third kappa shape index (κ3) is 1.72. The summed E-state index contributed by atoms with van der Waals surface area (Å²) in [5, 5.41) is 11.9. The van der Waals surface area contributed by atoms with Crippen molar-refractivity contribution in [3.05, 3.63) is 28.8 Å². The molecule has 3 aromatic rings. The molecule has 20 heavy (non-hydrogen) atoms. The molecule has 0 fully saturated rings. The molecule has 5 nitrogen and oxygen atoms in total. The van der Waals surface area contributed by atoms with Crippen LogP contribution >= 0.6 is 11.3 Å². The minimum atomic E-state index is 0.200. The molecule has 3 rings (SSSR count). The van der Waals surface area contributed by atoms with Crippen molar-refractivity contribution in [3.63, 3.8) is 0 Å². The average Bonchev–Trinajstić information content (AvgIpc) is 3.05. The van der Waals surface area contributed by atoms with Gasteiger partial charge in [-0.05, 0) is 12.1 Å². The second-order valence-electron chi connectivity index (χ2n) is 4.35. The number of nitrogens with zero attached hydrogens (tertiary/aromatic N) is 2. The molecular formula is C14H12N4OS. The van der Waals surface area contributed by atoms with Crippen LogP contribution in [0.4, 0.5) is 11.5 Å². The SMILES string of the molecule is CCc1ccc(-c2c(C#N)c(N)nc3scc(N)c23)o1. The summed E-state index contributed by atoms with van der Waals surface area (Å²) in [5.74, 6) is 1.65. The lowest BCUT2D eigenvalue weighted by molar-refractivity contribution is 0.529. The second-order valence-corrected chi connectivity index (χ2v) is 5.21. The first-order chi connectivity index (χ1) is 9.65. The maximum absolute atomic E-state index is 9.36. The molecule has 0 amide bonds. The standard InChI is InChI=1S/C14H12N4OS/c1-2-7-3-4-10(19-7)11-8(5-15)13(17)18-14-12(11)9(16)6-20-14/h3-4,6H,2,16H2,1H3,(H2,17,18). The molecule has 0 aromatic carbocycles. The van der Waals surface area contributed by atoms with Crippen LogP contribution in [0.2, 0.25) is 0 Å². The van der Waals surface area contributed by atoms with Gasteiger partial charge in [-0.2, -0.15) is 5.26 Å². The van der Waals surface area contributed by atoms with Crippen LogP contribution in [0.5, 0.6) is 0 Å². The van der Waals surface area contributed by atoms with Gasteiger partial charge in [0.05, 0.1) is 11.3 Å². The van der Waals surface area contributed by atoms with Gasteiger partial charge in [0.2, 0.25) is 0 Å². The van der Waals surface area contributed by atoms with Crippen LogP contribution in [0.15, 0.2) is 21.9 Å². The van der Waals surface area contributed by atoms with E-state index in [-0.39, 0.29) is 5.82 Å². The summed E-state index contributed by atoms with van der Waals surface area (Å²) in [6.07, 6.45) is 0.782. The van der Waals surface area contributed by atoms with Crippen molar-refractivity contribution < 1.29 is 4.42 Å². The Balaban J connectivity index is 2.42. The molecule has 3 aromatic heterocycles. The predicted octanol–water partition coefficient (Wildman–Crippen LogP) is 3.15. The lowest BCUT2D eigenvalue weighted by Crippen LogP contribution is -1.98. The largest absolute Gasteiger partial charge is 0.461 e. The number of hydrogen-bond donors (Lipinski definition) is 2. The lowest BCUT2D eigenvalue weighted by Gasteiger charge is -2.06. The van der Waals surface area contributed by atoms with Crippen molar-refractivity contribution in [1.29, 1.82) is 5.26 Å². The highest BCUT2D eigenvalue weighted by Crippen LogP contribution is 2.40. The van der Waals surface area contributed by atoms with Gasteiger partial charge < -0.3 is 15.9 Å². The Morgan fingerprint density at radius 1 is 1.40 bits per heavy atom. The first-order valence-corrected chi connectivity index (χ1v) is 6.99. The Kier molecular flexibility index (Phi) is 2.84. The number of anilines is 2. The molecule has 0 atom stereocenters. The van der Waals surface area contributed by atoms with E-state index in [0.717, 1.165) is 17.6 Å². The lowest BCUT2D eigenvalue weighted by atomic mass is 10.0. The third-order valence-electron chi connectivity index (χ3n) is 3.15. The molecule has 0 aliphatic heterocycles. The summed E-state index contributed by atoms with van der Waals surface area (Å²) in [5.41, 5.74) is 13.4.